The van der Waals surface area contributed by atoms with Crippen molar-refractivity contribution >= 4 is 17.5 Å². The van der Waals surface area contributed by atoms with Crippen molar-refractivity contribution in [2.24, 2.45) is 0 Å². The molecular weight excluding hydrogens is 324 g/mol. The Morgan fingerprint density at radius 2 is 1.81 bits per heavy atom. The Balaban J connectivity index is 1.47. The first-order valence-corrected chi connectivity index (χ1v) is 9.53. The largest absolute Gasteiger partial charge is 0.349 e. The van der Waals surface area contributed by atoms with Gasteiger partial charge in [-0.05, 0) is 60.6 Å². The molecule has 3 aliphatic rings. The third kappa shape index (κ3) is 2.44. The monoisotopic (exact) mass is 346 g/mol. The molecule has 5 rings (SSSR count). The standard InChI is InChI=1S/C22H22N2O2/c25-20(23-17-7-8-17)16-5-3-4-14(12-16)15-6-9-18-19(13-15)24-21(26)22(18)10-1-2-11-22/h3-6,9,12-13,17H,1-2,7-8,10-11H2,(H,23,25)(H,24,26). The highest BCUT2D eigenvalue weighted by Gasteiger charge is 2.48. The molecule has 2 fully saturated rings. The first kappa shape index (κ1) is 15.6. The van der Waals surface area contributed by atoms with Crippen molar-refractivity contribution in [2.75, 3.05) is 5.32 Å². The van der Waals surface area contributed by atoms with Gasteiger partial charge < -0.3 is 10.6 Å². The lowest BCUT2D eigenvalue weighted by Gasteiger charge is -2.20. The minimum atomic E-state index is -0.306. The van der Waals surface area contributed by atoms with Gasteiger partial charge in [-0.3, -0.25) is 9.59 Å². The Morgan fingerprint density at radius 3 is 2.58 bits per heavy atom. The van der Waals surface area contributed by atoms with E-state index in [1.54, 1.807) is 0 Å². The van der Waals surface area contributed by atoms with Crippen LogP contribution in [0.25, 0.3) is 11.1 Å². The second-order valence-corrected chi connectivity index (χ2v) is 7.83. The summed E-state index contributed by atoms with van der Waals surface area (Å²) in [5.74, 6) is 0.147. The number of hydrogen-bond acceptors (Lipinski definition) is 2. The number of fused-ring (bicyclic) bond motifs is 2. The van der Waals surface area contributed by atoms with Crippen LogP contribution in [0.1, 0.15) is 54.4 Å². The number of carbonyl (C=O) groups excluding carboxylic acids is 2. The third-order valence-corrected chi connectivity index (χ3v) is 6.05. The lowest BCUT2D eigenvalue weighted by molar-refractivity contribution is -0.120. The predicted octanol–water partition coefficient (Wildman–Crippen LogP) is 4.01. The van der Waals surface area contributed by atoms with Gasteiger partial charge in [0.2, 0.25) is 5.91 Å². The van der Waals surface area contributed by atoms with Crippen LogP contribution in [0.3, 0.4) is 0 Å². The maximum absolute atomic E-state index is 12.6. The van der Waals surface area contributed by atoms with Crippen LogP contribution >= 0.6 is 0 Å². The van der Waals surface area contributed by atoms with Crippen LogP contribution < -0.4 is 10.6 Å². The molecule has 1 aliphatic heterocycles. The molecule has 2 saturated carbocycles. The minimum absolute atomic E-state index is 0.00581. The van der Waals surface area contributed by atoms with E-state index >= 15 is 0 Å². The number of amides is 2. The summed E-state index contributed by atoms with van der Waals surface area (Å²) in [5, 5.41) is 6.13. The summed E-state index contributed by atoms with van der Waals surface area (Å²) in [7, 11) is 0. The second kappa shape index (κ2) is 5.70. The number of carbonyl (C=O) groups is 2. The van der Waals surface area contributed by atoms with Gasteiger partial charge in [0.05, 0.1) is 5.41 Å². The molecule has 132 valence electrons. The van der Waals surface area contributed by atoms with Gasteiger partial charge in [0.25, 0.3) is 5.91 Å². The summed E-state index contributed by atoms with van der Waals surface area (Å²) < 4.78 is 0. The van der Waals surface area contributed by atoms with Crippen molar-refractivity contribution in [2.45, 2.75) is 50.0 Å². The maximum atomic E-state index is 12.6. The molecule has 0 bridgehead atoms. The maximum Gasteiger partial charge on any atom is 0.251 e. The van der Waals surface area contributed by atoms with E-state index in [0.29, 0.717) is 11.6 Å². The SMILES string of the molecule is O=C(NC1CC1)c1cccc(-c2ccc3c(c2)NC(=O)C32CCCC2)c1. The fourth-order valence-electron chi connectivity index (χ4n) is 4.42. The van der Waals surface area contributed by atoms with Crippen LogP contribution in [0.15, 0.2) is 42.5 Å². The first-order valence-electron chi connectivity index (χ1n) is 9.53. The van der Waals surface area contributed by atoms with E-state index in [1.807, 2.05) is 24.3 Å². The minimum Gasteiger partial charge on any atom is -0.349 e. The quantitative estimate of drug-likeness (QED) is 0.882. The van der Waals surface area contributed by atoms with E-state index in [9.17, 15) is 9.59 Å². The molecule has 0 saturated heterocycles. The topological polar surface area (TPSA) is 58.2 Å². The van der Waals surface area contributed by atoms with Gasteiger partial charge in [-0.2, -0.15) is 0 Å². The molecule has 0 radical (unpaired) electrons. The van der Waals surface area contributed by atoms with Crippen LogP contribution in [0, 0.1) is 0 Å². The van der Waals surface area contributed by atoms with Gasteiger partial charge in [-0.1, -0.05) is 37.1 Å². The van der Waals surface area contributed by atoms with E-state index in [1.165, 1.54) is 0 Å². The molecule has 0 atom stereocenters. The summed E-state index contributed by atoms with van der Waals surface area (Å²) in [6.45, 7) is 0. The van der Waals surface area contributed by atoms with Crippen molar-refractivity contribution in [1.82, 2.24) is 5.32 Å². The number of nitrogens with one attached hydrogen (secondary N) is 2. The van der Waals surface area contributed by atoms with E-state index in [4.69, 9.17) is 0 Å². The van der Waals surface area contributed by atoms with E-state index in [2.05, 4.69) is 28.8 Å². The highest BCUT2D eigenvalue weighted by atomic mass is 16.2. The van der Waals surface area contributed by atoms with Crippen molar-refractivity contribution in [3.63, 3.8) is 0 Å². The van der Waals surface area contributed by atoms with Gasteiger partial charge in [-0.15, -0.1) is 0 Å². The number of anilines is 1. The third-order valence-electron chi connectivity index (χ3n) is 6.05. The number of hydrogen-bond donors (Lipinski definition) is 2. The zero-order valence-electron chi connectivity index (χ0n) is 14.7. The van der Waals surface area contributed by atoms with Crippen molar-refractivity contribution in [3.05, 3.63) is 53.6 Å². The highest BCUT2D eigenvalue weighted by Crippen LogP contribution is 2.49. The molecule has 1 heterocycles. The molecule has 2 N–H and O–H groups in total. The van der Waals surface area contributed by atoms with Gasteiger partial charge in [-0.25, -0.2) is 0 Å². The van der Waals surface area contributed by atoms with E-state index < -0.39 is 0 Å². The van der Waals surface area contributed by atoms with Gasteiger partial charge in [0.15, 0.2) is 0 Å². The zero-order valence-corrected chi connectivity index (χ0v) is 14.7. The Labute approximate surface area is 153 Å². The molecule has 4 heteroatoms. The van der Waals surface area contributed by atoms with Gasteiger partial charge >= 0.3 is 0 Å². The van der Waals surface area contributed by atoms with Crippen molar-refractivity contribution < 1.29 is 9.59 Å². The normalized spacial score (nSPS) is 20.1. The van der Waals surface area contributed by atoms with Crippen LogP contribution in [0.4, 0.5) is 5.69 Å². The summed E-state index contributed by atoms with van der Waals surface area (Å²) in [6.07, 6.45) is 6.29. The molecule has 0 aromatic heterocycles. The smallest absolute Gasteiger partial charge is 0.251 e. The Hall–Kier alpha value is -2.62. The summed E-state index contributed by atoms with van der Waals surface area (Å²) in [5.41, 5.74) is 4.48. The molecule has 26 heavy (non-hydrogen) atoms. The highest BCUT2D eigenvalue weighted by molar-refractivity contribution is 6.07. The molecule has 4 nitrogen and oxygen atoms in total. The van der Waals surface area contributed by atoms with Crippen molar-refractivity contribution in [1.29, 1.82) is 0 Å². The summed E-state index contributed by atoms with van der Waals surface area (Å²) >= 11 is 0. The van der Waals surface area contributed by atoms with E-state index in [0.717, 1.165) is 60.9 Å². The van der Waals surface area contributed by atoms with Crippen LogP contribution in [0.5, 0.6) is 0 Å². The van der Waals surface area contributed by atoms with Crippen LogP contribution in [0.2, 0.25) is 0 Å². The molecule has 0 unspecified atom stereocenters. The van der Waals surface area contributed by atoms with Crippen molar-refractivity contribution in [3.8, 4) is 11.1 Å². The average molecular weight is 346 g/mol. The number of rotatable bonds is 3. The molecule has 2 aromatic carbocycles. The molecule has 1 spiro atoms. The second-order valence-electron chi connectivity index (χ2n) is 7.83. The predicted molar refractivity (Wildman–Crippen MR) is 101 cm³/mol. The zero-order chi connectivity index (χ0) is 17.7. The summed E-state index contributed by atoms with van der Waals surface area (Å²) in [4.78, 5) is 24.9. The lowest BCUT2D eigenvalue weighted by atomic mass is 9.80. The fraction of sp³-hybridized carbons (Fsp3) is 0.364. The van der Waals surface area contributed by atoms with Crippen LogP contribution in [-0.2, 0) is 10.2 Å². The number of benzene rings is 2. The summed E-state index contributed by atoms with van der Waals surface area (Å²) in [6, 6.07) is 14.3. The van der Waals surface area contributed by atoms with E-state index in [-0.39, 0.29) is 17.2 Å². The Morgan fingerprint density at radius 1 is 1.04 bits per heavy atom. The van der Waals surface area contributed by atoms with Gasteiger partial charge in [0, 0.05) is 17.3 Å². The fourth-order valence-corrected chi connectivity index (χ4v) is 4.42. The molecule has 2 amide bonds. The van der Waals surface area contributed by atoms with Gasteiger partial charge in [0.1, 0.15) is 0 Å². The Bertz CT molecular complexity index is 908. The molecule has 2 aromatic rings. The Kier molecular flexibility index (Phi) is 3.42. The average Bonchev–Trinajstić information content (AvgIpc) is 3.25. The lowest BCUT2D eigenvalue weighted by Crippen LogP contribution is -2.30. The first-order chi connectivity index (χ1) is 12.7. The molecule has 2 aliphatic carbocycles. The van der Waals surface area contributed by atoms with Crippen LogP contribution in [-0.4, -0.2) is 17.9 Å². The molecular formula is C22H22N2O2.